The SMILES string of the molecule is N#CCCCCCC=NOS(=O)(=O)c1ccccc1. The van der Waals surface area contributed by atoms with Crippen molar-refractivity contribution in [1.82, 2.24) is 0 Å². The van der Waals surface area contributed by atoms with Crippen LogP contribution in [0.5, 0.6) is 0 Å². The topological polar surface area (TPSA) is 79.5 Å². The molecular weight excluding hydrogens is 264 g/mol. The van der Waals surface area contributed by atoms with E-state index in [4.69, 9.17) is 5.26 Å². The van der Waals surface area contributed by atoms with Gasteiger partial charge in [0.25, 0.3) is 0 Å². The van der Waals surface area contributed by atoms with Crippen molar-refractivity contribution in [3.05, 3.63) is 30.3 Å². The van der Waals surface area contributed by atoms with Crippen molar-refractivity contribution in [2.45, 2.75) is 37.0 Å². The van der Waals surface area contributed by atoms with Gasteiger partial charge in [0.1, 0.15) is 4.90 Å². The van der Waals surface area contributed by atoms with Crippen molar-refractivity contribution in [1.29, 1.82) is 5.26 Å². The van der Waals surface area contributed by atoms with Crippen LogP contribution in [-0.4, -0.2) is 14.6 Å². The monoisotopic (exact) mass is 280 g/mol. The molecule has 0 bridgehead atoms. The second-order valence-corrected chi connectivity index (χ2v) is 5.42. The lowest BCUT2D eigenvalue weighted by Gasteiger charge is -2.00. The molecular formula is C13H16N2O3S. The van der Waals surface area contributed by atoms with Crippen molar-refractivity contribution in [3.8, 4) is 6.07 Å². The highest BCUT2D eigenvalue weighted by atomic mass is 32.2. The Morgan fingerprint density at radius 3 is 2.63 bits per heavy atom. The Balaban J connectivity index is 2.30. The third-order valence-corrected chi connectivity index (χ3v) is 3.50. The molecule has 0 fully saturated rings. The van der Waals surface area contributed by atoms with E-state index in [9.17, 15) is 8.42 Å². The zero-order valence-corrected chi connectivity index (χ0v) is 11.3. The highest BCUT2D eigenvalue weighted by Gasteiger charge is 2.13. The van der Waals surface area contributed by atoms with E-state index in [-0.39, 0.29) is 4.90 Å². The van der Waals surface area contributed by atoms with E-state index in [2.05, 4.69) is 15.5 Å². The number of hydrogen-bond donors (Lipinski definition) is 0. The molecule has 0 saturated carbocycles. The summed E-state index contributed by atoms with van der Waals surface area (Å²) in [7, 11) is -3.80. The molecule has 0 atom stereocenters. The van der Waals surface area contributed by atoms with Gasteiger partial charge in [-0.05, 0) is 31.4 Å². The minimum atomic E-state index is -3.80. The molecule has 0 radical (unpaired) electrons. The van der Waals surface area contributed by atoms with Gasteiger partial charge in [-0.25, -0.2) is 0 Å². The summed E-state index contributed by atoms with van der Waals surface area (Å²) in [6, 6.07) is 9.94. The first-order chi connectivity index (χ1) is 9.17. The van der Waals surface area contributed by atoms with E-state index in [1.807, 2.05) is 0 Å². The van der Waals surface area contributed by atoms with Crippen LogP contribution in [0.15, 0.2) is 40.4 Å². The van der Waals surface area contributed by atoms with E-state index in [0.29, 0.717) is 12.8 Å². The maximum absolute atomic E-state index is 11.6. The van der Waals surface area contributed by atoms with Gasteiger partial charge in [0.15, 0.2) is 0 Å². The molecule has 0 saturated heterocycles. The lowest BCUT2D eigenvalue weighted by atomic mass is 10.2. The van der Waals surface area contributed by atoms with Crippen LogP contribution in [0.2, 0.25) is 0 Å². The van der Waals surface area contributed by atoms with E-state index in [1.165, 1.54) is 18.3 Å². The van der Waals surface area contributed by atoms with Gasteiger partial charge >= 0.3 is 10.1 Å². The molecule has 1 rings (SSSR count). The molecule has 1 aromatic carbocycles. The predicted molar refractivity (Wildman–Crippen MR) is 71.9 cm³/mol. The normalized spacial score (nSPS) is 11.3. The number of hydrogen-bond acceptors (Lipinski definition) is 5. The van der Waals surface area contributed by atoms with Gasteiger partial charge in [0, 0.05) is 12.6 Å². The summed E-state index contributed by atoms with van der Waals surface area (Å²) in [4.78, 5) is 0.0844. The van der Waals surface area contributed by atoms with Gasteiger partial charge in [-0.15, -0.1) is 0 Å². The average molecular weight is 280 g/mol. The van der Waals surface area contributed by atoms with Crippen LogP contribution in [0.3, 0.4) is 0 Å². The summed E-state index contributed by atoms with van der Waals surface area (Å²) in [5.74, 6) is 0. The number of nitrogens with zero attached hydrogens (tertiary/aromatic N) is 2. The van der Waals surface area contributed by atoms with Crippen molar-refractivity contribution < 1.29 is 12.7 Å². The summed E-state index contributed by atoms with van der Waals surface area (Å²) in [5.41, 5.74) is 0. The lowest BCUT2D eigenvalue weighted by molar-refractivity contribution is 0.339. The van der Waals surface area contributed by atoms with Crippen molar-refractivity contribution in [2.24, 2.45) is 5.16 Å². The quantitative estimate of drug-likeness (QED) is 0.416. The van der Waals surface area contributed by atoms with Crippen molar-refractivity contribution in [2.75, 3.05) is 0 Å². The molecule has 0 N–H and O–H groups in total. The molecule has 6 heteroatoms. The van der Waals surface area contributed by atoms with E-state index in [1.54, 1.807) is 18.2 Å². The Hall–Kier alpha value is -1.87. The van der Waals surface area contributed by atoms with Gasteiger partial charge in [-0.3, -0.25) is 4.28 Å². The molecule has 0 amide bonds. The maximum Gasteiger partial charge on any atom is 0.358 e. The van der Waals surface area contributed by atoms with Crippen molar-refractivity contribution >= 4 is 16.3 Å². The largest absolute Gasteiger partial charge is 0.358 e. The van der Waals surface area contributed by atoms with E-state index >= 15 is 0 Å². The van der Waals surface area contributed by atoms with E-state index < -0.39 is 10.1 Å². The first-order valence-electron chi connectivity index (χ1n) is 6.04. The molecule has 0 aliphatic heterocycles. The zero-order chi connectivity index (χ0) is 14.0. The Kier molecular flexibility index (Phi) is 6.61. The average Bonchev–Trinajstić information content (AvgIpc) is 2.43. The standard InChI is InChI=1S/C13H16N2O3S/c14-11-7-2-1-3-8-12-15-18-19(16,17)13-9-5-4-6-10-13/h4-6,9-10,12H,1-3,7-8H2. The first kappa shape index (κ1) is 15.2. The smallest absolute Gasteiger partial charge is 0.265 e. The molecule has 19 heavy (non-hydrogen) atoms. The Morgan fingerprint density at radius 1 is 1.21 bits per heavy atom. The molecule has 0 spiro atoms. The summed E-state index contributed by atoms with van der Waals surface area (Å²) >= 11 is 0. The molecule has 0 aliphatic carbocycles. The van der Waals surface area contributed by atoms with Crippen LogP contribution in [-0.2, 0) is 14.4 Å². The van der Waals surface area contributed by atoms with E-state index in [0.717, 1.165) is 19.3 Å². The number of rotatable bonds is 8. The summed E-state index contributed by atoms with van der Waals surface area (Å²) in [6.45, 7) is 0. The summed E-state index contributed by atoms with van der Waals surface area (Å²) in [6.07, 6.45) is 5.26. The number of nitriles is 1. The maximum atomic E-state index is 11.6. The Bertz CT molecular complexity index is 533. The first-order valence-corrected chi connectivity index (χ1v) is 7.45. The summed E-state index contributed by atoms with van der Waals surface area (Å²) in [5, 5.41) is 11.8. The van der Waals surface area contributed by atoms with Crippen LogP contribution in [0.4, 0.5) is 0 Å². The van der Waals surface area contributed by atoms with Gasteiger partial charge < -0.3 is 0 Å². The van der Waals surface area contributed by atoms with Gasteiger partial charge in [-0.2, -0.15) is 13.7 Å². The predicted octanol–water partition coefficient (Wildman–Crippen LogP) is 2.85. The van der Waals surface area contributed by atoms with Crippen LogP contribution in [0.25, 0.3) is 0 Å². The van der Waals surface area contributed by atoms with Gasteiger partial charge in [0.05, 0.1) is 6.07 Å². The zero-order valence-electron chi connectivity index (χ0n) is 10.5. The molecule has 0 aromatic heterocycles. The van der Waals surface area contributed by atoms with Gasteiger partial charge in [-0.1, -0.05) is 29.8 Å². The summed E-state index contributed by atoms with van der Waals surface area (Å²) < 4.78 is 27.8. The fourth-order valence-corrected chi connectivity index (χ4v) is 2.14. The Labute approximate surface area is 113 Å². The van der Waals surface area contributed by atoms with Crippen LogP contribution >= 0.6 is 0 Å². The van der Waals surface area contributed by atoms with Gasteiger partial charge in [0.2, 0.25) is 0 Å². The number of benzene rings is 1. The lowest BCUT2D eigenvalue weighted by Crippen LogP contribution is -2.02. The number of unbranched alkanes of at least 4 members (excludes halogenated alkanes) is 4. The minimum Gasteiger partial charge on any atom is -0.265 e. The molecule has 1 aromatic rings. The highest BCUT2D eigenvalue weighted by molar-refractivity contribution is 7.86. The minimum absolute atomic E-state index is 0.0844. The van der Waals surface area contributed by atoms with Crippen LogP contribution < -0.4 is 0 Å². The fraction of sp³-hybridized carbons (Fsp3) is 0.385. The second-order valence-electron chi connectivity index (χ2n) is 3.89. The number of oxime groups is 1. The second kappa shape index (κ2) is 8.27. The van der Waals surface area contributed by atoms with Crippen molar-refractivity contribution in [3.63, 3.8) is 0 Å². The molecule has 0 heterocycles. The molecule has 0 unspecified atom stereocenters. The third kappa shape index (κ3) is 6.02. The fourth-order valence-electron chi connectivity index (χ4n) is 1.39. The highest BCUT2D eigenvalue weighted by Crippen LogP contribution is 2.11. The molecule has 0 aliphatic rings. The Morgan fingerprint density at radius 2 is 1.95 bits per heavy atom. The van der Waals surface area contributed by atoms with Crippen LogP contribution in [0.1, 0.15) is 32.1 Å². The van der Waals surface area contributed by atoms with Crippen LogP contribution in [0, 0.1) is 11.3 Å². The third-order valence-electron chi connectivity index (χ3n) is 2.37. The molecule has 5 nitrogen and oxygen atoms in total. The molecule has 102 valence electrons.